The number of nitrogens with zero attached hydrogens (tertiary/aromatic N) is 1. The number of hydrogen-bond donors (Lipinski definition) is 2. The minimum absolute atomic E-state index is 0.0908. The fourth-order valence-corrected chi connectivity index (χ4v) is 4.31. The Kier molecular flexibility index (Phi) is 6.93. The standard InChI is InChI=1S/C20H24ClN3O3S/c21-17-6-8-18(9-7-17)23-28(26,27)19-10-4-16(5-11-19)20(25)22-12-3-15-24-13-1-2-14-24/h4-11,23H,1-3,12-15H2,(H,22,25). The summed E-state index contributed by atoms with van der Waals surface area (Å²) in [5.41, 5.74) is 0.857. The molecule has 0 spiro atoms. The molecule has 150 valence electrons. The van der Waals surface area contributed by atoms with Gasteiger partial charge >= 0.3 is 0 Å². The van der Waals surface area contributed by atoms with Gasteiger partial charge in [-0.25, -0.2) is 8.42 Å². The Morgan fingerprint density at radius 1 is 1.00 bits per heavy atom. The van der Waals surface area contributed by atoms with Crippen LogP contribution in [-0.2, 0) is 10.0 Å². The van der Waals surface area contributed by atoms with Gasteiger partial charge in [0.05, 0.1) is 4.90 Å². The molecule has 2 N–H and O–H groups in total. The molecule has 28 heavy (non-hydrogen) atoms. The molecule has 0 bridgehead atoms. The van der Waals surface area contributed by atoms with Crippen LogP contribution in [0, 0.1) is 0 Å². The summed E-state index contributed by atoms with van der Waals surface area (Å²) in [5, 5.41) is 3.41. The van der Waals surface area contributed by atoms with Crippen LogP contribution in [0.25, 0.3) is 0 Å². The van der Waals surface area contributed by atoms with Crippen molar-refractivity contribution in [3.05, 3.63) is 59.1 Å². The van der Waals surface area contributed by atoms with Crippen molar-refractivity contribution in [3.8, 4) is 0 Å². The van der Waals surface area contributed by atoms with E-state index in [-0.39, 0.29) is 10.8 Å². The van der Waals surface area contributed by atoms with E-state index in [0.717, 1.165) is 26.1 Å². The van der Waals surface area contributed by atoms with Crippen molar-refractivity contribution in [3.63, 3.8) is 0 Å². The molecule has 0 radical (unpaired) electrons. The van der Waals surface area contributed by atoms with Crippen LogP contribution >= 0.6 is 11.6 Å². The number of likely N-dealkylation sites (tertiary alicyclic amines) is 1. The molecule has 0 aromatic heterocycles. The number of halogens is 1. The number of benzene rings is 2. The topological polar surface area (TPSA) is 78.5 Å². The van der Waals surface area contributed by atoms with E-state index in [1.807, 2.05) is 0 Å². The Balaban J connectivity index is 1.52. The largest absolute Gasteiger partial charge is 0.352 e. The second-order valence-electron chi connectivity index (χ2n) is 6.79. The van der Waals surface area contributed by atoms with Crippen LogP contribution in [0.5, 0.6) is 0 Å². The third-order valence-corrected chi connectivity index (χ3v) is 6.31. The van der Waals surface area contributed by atoms with Gasteiger partial charge in [-0.1, -0.05) is 11.6 Å². The van der Waals surface area contributed by atoms with Crippen LogP contribution in [-0.4, -0.2) is 45.4 Å². The number of rotatable bonds is 8. The molecular weight excluding hydrogens is 398 g/mol. The summed E-state index contributed by atoms with van der Waals surface area (Å²) in [6.45, 7) is 3.89. The highest BCUT2D eigenvalue weighted by Crippen LogP contribution is 2.19. The van der Waals surface area contributed by atoms with E-state index >= 15 is 0 Å². The lowest BCUT2D eigenvalue weighted by Crippen LogP contribution is -2.28. The van der Waals surface area contributed by atoms with Gasteiger partial charge in [-0.15, -0.1) is 0 Å². The van der Waals surface area contributed by atoms with Crippen LogP contribution in [0.3, 0.4) is 0 Å². The Morgan fingerprint density at radius 2 is 1.64 bits per heavy atom. The summed E-state index contributed by atoms with van der Waals surface area (Å²) in [6.07, 6.45) is 3.42. The van der Waals surface area contributed by atoms with Gasteiger partial charge in [-0.3, -0.25) is 9.52 Å². The predicted molar refractivity (Wildman–Crippen MR) is 111 cm³/mol. The molecule has 0 atom stereocenters. The lowest BCUT2D eigenvalue weighted by atomic mass is 10.2. The van der Waals surface area contributed by atoms with Gasteiger partial charge in [0.15, 0.2) is 0 Å². The number of hydrogen-bond acceptors (Lipinski definition) is 4. The summed E-state index contributed by atoms with van der Waals surface area (Å²) in [4.78, 5) is 14.7. The van der Waals surface area contributed by atoms with E-state index in [1.165, 1.54) is 37.1 Å². The Morgan fingerprint density at radius 3 is 2.29 bits per heavy atom. The first-order valence-electron chi connectivity index (χ1n) is 9.33. The van der Waals surface area contributed by atoms with E-state index < -0.39 is 10.0 Å². The quantitative estimate of drug-likeness (QED) is 0.640. The molecule has 1 aliphatic heterocycles. The molecule has 1 amide bonds. The van der Waals surface area contributed by atoms with Crippen molar-refractivity contribution in [2.45, 2.75) is 24.2 Å². The van der Waals surface area contributed by atoms with Crippen molar-refractivity contribution >= 4 is 33.2 Å². The van der Waals surface area contributed by atoms with Crippen molar-refractivity contribution in [2.24, 2.45) is 0 Å². The van der Waals surface area contributed by atoms with E-state index in [9.17, 15) is 13.2 Å². The number of carbonyl (C=O) groups excluding carboxylic acids is 1. The van der Waals surface area contributed by atoms with E-state index in [2.05, 4.69) is 14.9 Å². The molecule has 1 heterocycles. The molecule has 3 rings (SSSR count). The molecule has 1 aliphatic rings. The van der Waals surface area contributed by atoms with Crippen LogP contribution in [0.15, 0.2) is 53.4 Å². The lowest BCUT2D eigenvalue weighted by molar-refractivity contribution is 0.0952. The van der Waals surface area contributed by atoms with Gasteiger partial charge in [0.25, 0.3) is 15.9 Å². The van der Waals surface area contributed by atoms with Crippen LogP contribution in [0.4, 0.5) is 5.69 Å². The van der Waals surface area contributed by atoms with Crippen molar-refractivity contribution < 1.29 is 13.2 Å². The van der Waals surface area contributed by atoms with Crippen LogP contribution < -0.4 is 10.0 Å². The molecule has 1 saturated heterocycles. The van der Waals surface area contributed by atoms with E-state index in [1.54, 1.807) is 24.3 Å². The van der Waals surface area contributed by atoms with Gasteiger partial charge in [0.2, 0.25) is 0 Å². The fourth-order valence-electron chi connectivity index (χ4n) is 3.13. The van der Waals surface area contributed by atoms with Crippen LogP contribution in [0.2, 0.25) is 5.02 Å². The molecule has 0 saturated carbocycles. The molecule has 8 heteroatoms. The van der Waals surface area contributed by atoms with Gasteiger partial charge < -0.3 is 10.2 Å². The number of anilines is 1. The highest BCUT2D eigenvalue weighted by molar-refractivity contribution is 7.92. The van der Waals surface area contributed by atoms with E-state index in [0.29, 0.717) is 22.8 Å². The maximum absolute atomic E-state index is 12.5. The summed E-state index contributed by atoms with van der Waals surface area (Å²) in [6, 6.07) is 12.3. The van der Waals surface area contributed by atoms with Crippen molar-refractivity contribution in [1.82, 2.24) is 10.2 Å². The zero-order chi connectivity index (χ0) is 20.0. The number of amides is 1. The number of sulfonamides is 1. The summed E-state index contributed by atoms with van der Waals surface area (Å²) in [7, 11) is -3.73. The predicted octanol–water partition coefficient (Wildman–Crippen LogP) is 3.36. The third-order valence-electron chi connectivity index (χ3n) is 4.66. The zero-order valence-electron chi connectivity index (χ0n) is 15.5. The van der Waals surface area contributed by atoms with Gasteiger partial charge in [-0.05, 0) is 87.4 Å². The number of carbonyl (C=O) groups is 1. The minimum atomic E-state index is -3.73. The monoisotopic (exact) mass is 421 g/mol. The molecule has 1 fully saturated rings. The number of nitrogens with one attached hydrogen (secondary N) is 2. The summed E-state index contributed by atoms with van der Waals surface area (Å²) < 4.78 is 27.4. The fraction of sp³-hybridized carbons (Fsp3) is 0.350. The minimum Gasteiger partial charge on any atom is -0.352 e. The third kappa shape index (κ3) is 5.70. The Bertz CT molecular complexity index is 893. The van der Waals surface area contributed by atoms with Gasteiger partial charge in [-0.2, -0.15) is 0 Å². The lowest BCUT2D eigenvalue weighted by Gasteiger charge is -2.14. The normalized spacial score (nSPS) is 14.8. The maximum atomic E-state index is 12.5. The average molecular weight is 422 g/mol. The molecule has 2 aromatic rings. The highest BCUT2D eigenvalue weighted by Gasteiger charge is 2.15. The second kappa shape index (κ2) is 9.41. The zero-order valence-corrected chi connectivity index (χ0v) is 17.1. The maximum Gasteiger partial charge on any atom is 0.261 e. The summed E-state index contributed by atoms with van der Waals surface area (Å²) in [5.74, 6) is -0.198. The summed E-state index contributed by atoms with van der Waals surface area (Å²) >= 11 is 5.81. The van der Waals surface area contributed by atoms with Crippen molar-refractivity contribution in [2.75, 3.05) is 30.9 Å². The van der Waals surface area contributed by atoms with Gasteiger partial charge in [0, 0.05) is 22.8 Å². The van der Waals surface area contributed by atoms with Crippen molar-refractivity contribution in [1.29, 1.82) is 0 Å². The molecule has 2 aromatic carbocycles. The molecule has 0 aliphatic carbocycles. The van der Waals surface area contributed by atoms with E-state index in [4.69, 9.17) is 11.6 Å². The first-order valence-corrected chi connectivity index (χ1v) is 11.2. The SMILES string of the molecule is O=C(NCCCN1CCCC1)c1ccc(S(=O)(=O)Nc2ccc(Cl)cc2)cc1. The first kappa shape index (κ1) is 20.6. The Hall–Kier alpha value is -2.09. The molecule has 6 nitrogen and oxygen atoms in total. The second-order valence-corrected chi connectivity index (χ2v) is 8.91. The Labute approximate surface area is 170 Å². The average Bonchev–Trinajstić information content (AvgIpc) is 3.20. The smallest absolute Gasteiger partial charge is 0.261 e. The highest BCUT2D eigenvalue weighted by atomic mass is 35.5. The first-order chi connectivity index (χ1) is 13.4. The van der Waals surface area contributed by atoms with Crippen LogP contribution in [0.1, 0.15) is 29.6 Å². The van der Waals surface area contributed by atoms with Gasteiger partial charge in [0.1, 0.15) is 0 Å². The molecule has 0 unspecified atom stereocenters. The molecular formula is C20H24ClN3O3S.